The van der Waals surface area contributed by atoms with Crippen molar-refractivity contribution < 1.29 is 19.7 Å². The summed E-state index contributed by atoms with van der Waals surface area (Å²) in [5.74, 6) is 0.426. The highest BCUT2D eigenvalue weighted by Gasteiger charge is 2.13. The Labute approximate surface area is 88.4 Å². The molecule has 0 fully saturated rings. The minimum absolute atomic E-state index is 0.0833. The number of phenolic OH excluding ortho intramolecular Hbond substituents is 1. The van der Waals surface area contributed by atoms with Crippen molar-refractivity contribution in [2.75, 3.05) is 14.2 Å². The molecule has 0 unspecified atom stereocenters. The Balaban J connectivity index is 3.26. The van der Waals surface area contributed by atoms with Crippen molar-refractivity contribution in [2.45, 2.75) is 6.10 Å². The zero-order valence-corrected chi connectivity index (χ0v) is 8.73. The summed E-state index contributed by atoms with van der Waals surface area (Å²) < 4.78 is 9.89. The smallest absolute Gasteiger partial charge is 0.200 e. The van der Waals surface area contributed by atoms with Crippen LogP contribution in [0, 0.1) is 0 Å². The molecule has 1 aromatic carbocycles. The Morgan fingerprint density at radius 2 is 1.73 bits per heavy atom. The van der Waals surface area contributed by atoms with E-state index in [1.165, 1.54) is 32.4 Å². The van der Waals surface area contributed by atoms with Crippen LogP contribution in [0.2, 0.25) is 0 Å². The van der Waals surface area contributed by atoms with Gasteiger partial charge in [0.05, 0.1) is 20.3 Å². The quantitative estimate of drug-likeness (QED) is 0.741. The van der Waals surface area contributed by atoms with Gasteiger partial charge in [-0.1, -0.05) is 6.08 Å². The van der Waals surface area contributed by atoms with Gasteiger partial charge in [0.1, 0.15) is 0 Å². The van der Waals surface area contributed by atoms with E-state index in [0.29, 0.717) is 5.56 Å². The van der Waals surface area contributed by atoms with Crippen molar-refractivity contribution in [2.24, 2.45) is 0 Å². The molecule has 2 N–H and O–H groups in total. The van der Waals surface area contributed by atoms with E-state index in [9.17, 15) is 10.2 Å². The molecule has 1 aromatic rings. The van der Waals surface area contributed by atoms with Crippen molar-refractivity contribution in [3.05, 3.63) is 30.4 Å². The van der Waals surface area contributed by atoms with Gasteiger partial charge in [-0.2, -0.15) is 0 Å². The molecule has 82 valence electrons. The molecule has 0 saturated carbocycles. The number of aliphatic hydroxyl groups excluding tert-OH is 1. The van der Waals surface area contributed by atoms with Gasteiger partial charge in [-0.15, -0.1) is 6.58 Å². The highest BCUT2D eigenvalue weighted by atomic mass is 16.5. The van der Waals surface area contributed by atoms with Gasteiger partial charge >= 0.3 is 0 Å². The van der Waals surface area contributed by atoms with Gasteiger partial charge in [0.2, 0.25) is 5.75 Å². The second-order valence-electron chi connectivity index (χ2n) is 2.95. The van der Waals surface area contributed by atoms with Crippen LogP contribution in [0.1, 0.15) is 11.7 Å². The van der Waals surface area contributed by atoms with E-state index in [1.807, 2.05) is 0 Å². The molecule has 0 bridgehead atoms. The average Bonchev–Trinajstić information content (AvgIpc) is 2.28. The Kier molecular flexibility index (Phi) is 3.57. The standard InChI is InChI=1S/C11H14O4/c1-4-8(12)7-5-9(14-2)11(13)10(6-7)15-3/h4-6,8,12-13H,1H2,2-3H3/t8-/m1/s1. The molecule has 4 nitrogen and oxygen atoms in total. The van der Waals surface area contributed by atoms with E-state index in [2.05, 4.69) is 6.58 Å². The summed E-state index contributed by atoms with van der Waals surface area (Å²) >= 11 is 0. The number of ether oxygens (including phenoxy) is 2. The van der Waals surface area contributed by atoms with Gasteiger partial charge < -0.3 is 19.7 Å². The van der Waals surface area contributed by atoms with Crippen LogP contribution in [0.25, 0.3) is 0 Å². The van der Waals surface area contributed by atoms with Crippen molar-refractivity contribution >= 4 is 0 Å². The van der Waals surface area contributed by atoms with Gasteiger partial charge in [0.15, 0.2) is 11.5 Å². The number of hydrogen-bond acceptors (Lipinski definition) is 4. The number of aromatic hydroxyl groups is 1. The minimum Gasteiger partial charge on any atom is -0.502 e. The summed E-state index contributed by atoms with van der Waals surface area (Å²) in [6, 6.07) is 3.06. The molecule has 0 amide bonds. The molecule has 0 saturated heterocycles. The zero-order chi connectivity index (χ0) is 11.4. The number of phenols is 1. The lowest BCUT2D eigenvalue weighted by Gasteiger charge is -2.12. The average molecular weight is 210 g/mol. The largest absolute Gasteiger partial charge is 0.502 e. The summed E-state index contributed by atoms with van der Waals surface area (Å²) in [5.41, 5.74) is 0.552. The predicted molar refractivity (Wildman–Crippen MR) is 56.4 cm³/mol. The van der Waals surface area contributed by atoms with Crippen molar-refractivity contribution in [3.8, 4) is 17.2 Å². The van der Waals surface area contributed by atoms with Crippen molar-refractivity contribution in [1.29, 1.82) is 0 Å². The highest BCUT2D eigenvalue weighted by molar-refractivity contribution is 5.53. The van der Waals surface area contributed by atoms with Gasteiger partial charge in [-0.3, -0.25) is 0 Å². The molecule has 4 heteroatoms. The first-order chi connectivity index (χ1) is 7.13. The normalized spacial score (nSPS) is 11.9. The number of aliphatic hydroxyl groups is 1. The molecule has 1 atom stereocenters. The molecule has 0 aliphatic carbocycles. The van der Waals surface area contributed by atoms with E-state index < -0.39 is 6.10 Å². The fourth-order valence-corrected chi connectivity index (χ4v) is 1.22. The summed E-state index contributed by atoms with van der Waals surface area (Å²) in [4.78, 5) is 0. The molecule has 0 spiro atoms. The van der Waals surface area contributed by atoms with Gasteiger partial charge in [0.25, 0.3) is 0 Å². The van der Waals surface area contributed by atoms with Crippen molar-refractivity contribution in [3.63, 3.8) is 0 Å². The molecule has 15 heavy (non-hydrogen) atoms. The monoisotopic (exact) mass is 210 g/mol. The molecular weight excluding hydrogens is 196 g/mol. The second-order valence-corrected chi connectivity index (χ2v) is 2.95. The van der Waals surface area contributed by atoms with E-state index >= 15 is 0 Å². The fraction of sp³-hybridized carbons (Fsp3) is 0.273. The molecule has 0 aliphatic heterocycles. The van der Waals surface area contributed by atoms with E-state index in [4.69, 9.17) is 9.47 Å². The first kappa shape index (κ1) is 11.4. The van der Waals surface area contributed by atoms with Crippen LogP contribution in [0.5, 0.6) is 17.2 Å². The lowest BCUT2D eigenvalue weighted by molar-refractivity contribution is 0.227. The van der Waals surface area contributed by atoms with E-state index in [-0.39, 0.29) is 17.2 Å². The number of methoxy groups -OCH3 is 2. The summed E-state index contributed by atoms with van der Waals surface area (Å²) in [7, 11) is 2.86. The SMILES string of the molecule is C=C[C@@H](O)c1cc(OC)c(O)c(OC)c1. The van der Waals surface area contributed by atoms with Crippen LogP contribution in [0.15, 0.2) is 24.8 Å². The lowest BCUT2D eigenvalue weighted by atomic mass is 10.1. The van der Waals surface area contributed by atoms with Crippen molar-refractivity contribution in [1.82, 2.24) is 0 Å². The topological polar surface area (TPSA) is 58.9 Å². The second kappa shape index (κ2) is 4.70. The first-order valence-electron chi connectivity index (χ1n) is 4.39. The van der Waals surface area contributed by atoms with Crippen LogP contribution in [-0.2, 0) is 0 Å². The van der Waals surface area contributed by atoms with E-state index in [1.54, 1.807) is 0 Å². The minimum atomic E-state index is -0.812. The summed E-state index contributed by atoms with van der Waals surface area (Å²) in [5, 5.41) is 19.2. The van der Waals surface area contributed by atoms with Gasteiger partial charge in [-0.25, -0.2) is 0 Å². The maximum atomic E-state index is 9.61. The Bertz CT molecular complexity index is 335. The maximum absolute atomic E-state index is 9.61. The third-order valence-electron chi connectivity index (χ3n) is 2.07. The summed E-state index contributed by atoms with van der Waals surface area (Å²) in [6.45, 7) is 3.48. The molecule has 0 radical (unpaired) electrons. The molecule has 0 aromatic heterocycles. The van der Waals surface area contributed by atoms with Gasteiger partial charge in [0, 0.05) is 0 Å². The fourth-order valence-electron chi connectivity index (χ4n) is 1.22. The van der Waals surface area contributed by atoms with Crippen LogP contribution in [0.3, 0.4) is 0 Å². The maximum Gasteiger partial charge on any atom is 0.200 e. The van der Waals surface area contributed by atoms with Crippen LogP contribution in [0.4, 0.5) is 0 Å². The van der Waals surface area contributed by atoms with Crippen LogP contribution in [-0.4, -0.2) is 24.4 Å². The number of rotatable bonds is 4. The van der Waals surface area contributed by atoms with Gasteiger partial charge in [-0.05, 0) is 17.7 Å². The Hall–Kier alpha value is -1.68. The highest BCUT2D eigenvalue weighted by Crippen LogP contribution is 2.38. The molecule has 0 aliphatic rings. The van der Waals surface area contributed by atoms with Crippen LogP contribution >= 0.6 is 0 Å². The molecule has 0 heterocycles. The number of hydrogen-bond donors (Lipinski definition) is 2. The van der Waals surface area contributed by atoms with E-state index in [0.717, 1.165) is 0 Å². The Morgan fingerprint density at radius 1 is 1.27 bits per heavy atom. The predicted octanol–water partition coefficient (Wildman–Crippen LogP) is 1.63. The molecule has 1 rings (SSSR count). The third kappa shape index (κ3) is 2.22. The first-order valence-corrected chi connectivity index (χ1v) is 4.39. The van der Waals surface area contributed by atoms with Crippen LogP contribution < -0.4 is 9.47 Å². The molecular formula is C11H14O4. The Morgan fingerprint density at radius 3 is 2.07 bits per heavy atom. The number of benzene rings is 1. The summed E-state index contributed by atoms with van der Waals surface area (Å²) in [6.07, 6.45) is 0.569. The third-order valence-corrected chi connectivity index (χ3v) is 2.07. The lowest BCUT2D eigenvalue weighted by Crippen LogP contribution is -1.96. The zero-order valence-electron chi connectivity index (χ0n) is 8.73.